The molecule has 1 amide bonds. The first kappa shape index (κ1) is 27.0. The van der Waals surface area contributed by atoms with Gasteiger partial charge in [-0.15, -0.1) is 5.10 Å². The third-order valence-electron chi connectivity index (χ3n) is 8.26. The molecule has 9 nitrogen and oxygen atoms in total. The predicted molar refractivity (Wildman–Crippen MR) is 144 cm³/mol. The number of pyridine rings is 1. The smallest absolute Gasteiger partial charge is 0.394 e. The lowest BCUT2D eigenvalue weighted by atomic mass is 9.94. The lowest BCUT2D eigenvalue weighted by molar-refractivity contribution is -0.189. The number of hydrogen-bond acceptors (Lipinski definition) is 7. The number of fused-ring (bicyclic) bond motifs is 6. The van der Waals surface area contributed by atoms with Gasteiger partial charge in [-0.1, -0.05) is 0 Å². The van der Waals surface area contributed by atoms with Crippen molar-refractivity contribution in [1.82, 2.24) is 29.3 Å². The molecule has 5 heterocycles. The average molecular weight is 576 g/mol. The fourth-order valence-electron chi connectivity index (χ4n) is 5.82. The summed E-state index contributed by atoms with van der Waals surface area (Å²) in [4.78, 5) is 20.4. The van der Waals surface area contributed by atoms with Crippen LogP contribution in [0, 0.1) is 11.3 Å². The van der Waals surface area contributed by atoms with E-state index in [1.54, 1.807) is 29.1 Å². The number of carbonyl (C=O) groups is 1. The summed E-state index contributed by atoms with van der Waals surface area (Å²) in [6.07, 6.45) is 2.18. The number of aryl methyl sites for hydroxylation is 1. The van der Waals surface area contributed by atoms with Gasteiger partial charge in [0.05, 0.1) is 17.6 Å². The SMILES string of the molecule is CC1(C)CC2CCn3ccc(n3)SNC(=O)c3ccc(-n4ccc(OCCCC5(C(F)(F)F)CC5)n4)nc3N1C2. The number of carbonyl (C=O) groups excluding carboxylic acids is 1. The number of nitrogens with one attached hydrogen (secondary N) is 1. The first-order valence-corrected chi connectivity index (χ1v) is 14.4. The fourth-order valence-corrected chi connectivity index (χ4v) is 6.40. The summed E-state index contributed by atoms with van der Waals surface area (Å²) < 4.78 is 51.5. The molecule has 13 heteroatoms. The number of nitrogens with zero attached hydrogens (tertiary/aromatic N) is 6. The Morgan fingerprint density at radius 2 is 1.98 bits per heavy atom. The van der Waals surface area contributed by atoms with E-state index in [1.165, 1.54) is 11.9 Å². The normalized spacial score (nSPS) is 21.6. The number of aromatic nitrogens is 5. The summed E-state index contributed by atoms with van der Waals surface area (Å²) in [7, 11) is 0. The van der Waals surface area contributed by atoms with Crippen LogP contribution in [0.1, 0.15) is 62.7 Å². The van der Waals surface area contributed by atoms with Gasteiger partial charge in [-0.3, -0.25) is 14.2 Å². The zero-order valence-electron chi connectivity index (χ0n) is 22.4. The van der Waals surface area contributed by atoms with Crippen LogP contribution in [0.2, 0.25) is 0 Å². The third-order valence-corrected chi connectivity index (χ3v) is 8.97. The van der Waals surface area contributed by atoms with Gasteiger partial charge in [0, 0.05) is 49.0 Å². The standard InChI is InChI=1S/C27H32F3N7O2S/c1-25(2)16-18-6-12-35-13-8-22(33-35)40-34-24(38)19-4-5-20(31-23(19)36(25)17-18)37-14-7-21(32-37)39-15-3-9-26(10-11-26)27(28,29)30/h4-5,7-8,13-14,18H,3,6,9-12,15-17H2,1-2H3,(H,34,38). The minimum absolute atomic E-state index is 0.0677. The van der Waals surface area contributed by atoms with Gasteiger partial charge >= 0.3 is 6.18 Å². The molecule has 0 spiro atoms. The Kier molecular flexibility index (Phi) is 6.75. The van der Waals surface area contributed by atoms with Crippen molar-refractivity contribution in [2.24, 2.45) is 11.3 Å². The number of anilines is 1. The number of rotatable bonds is 6. The second-order valence-corrected chi connectivity index (χ2v) is 12.4. The van der Waals surface area contributed by atoms with Crippen LogP contribution in [0.3, 0.4) is 0 Å². The molecule has 3 aromatic heterocycles. The monoisotopic (exact) mass is 575 g/mol. The van der Waals surface area contributed by atoms with Crippen LogP contribution in [0.5, 0.6) is 5.88 Å². The first-order valence-electron chi connectivity index (χ1n) is 13.6. The molecule has 3 aliphatic rings. The quantitative estimate of drug-likeness (QED) is 0.311. The summed E-state index contributed by atoms with van der Waals surface area (Å²) in [5.74, 6) is 1.57. The maximum absolute atomic E-state index is 13.3. The summed E-state index contributed by atoms with van der Waals surface area (Å²) in [5, 5.41) is 9.72. The van der Waals surface area contributed by atoms with E-state index >= 15 is 0 Å². The van der Waals surface area contributed by atoms with Gasteiger partial charge in [-0.2, -0.15) is 18.3 Å². The molecule has 3 aromatic rings. The van der Waals surface area contributed by atoms with Crippen molar-refractivity contribution in [3.63, 3.8) is 0 Å². The van der Waals surface area contributed by atoms with Crippen molar-refractivity contribution in [3.8, 4) is 11.7 Å². The highest BCUT2D eigenvalue weighted by Crippen LogP contribution is 2.60. The molecule has 2 fully saturated rings. The van der Waals surface area contributed by atoms with Crippen LogP contribution in [-0.4, -0.2) is 55.3 Å². The minimum atomic E-state index is -4.15. The van der Waals surface area contributed by atoms with Crippen molar-refractivity contribution in [3.05, 3.63) is 42.2 Å². The highest BCUT2D eigenvalue weighted by molar-refractivity contribution is 7.97. The molecule has 1 N–H and O–H groups in total. The van der Waals surface area contributed by atoms with Crippen LogP contribution in [0.4, 0.5) is 19.0 Å². The van der Waals surface area contributed by atoms with E-state index in [4.69, 9.17) is 9.72 Å². The van der Waals surface area contributed by atoms with Crippen LogP contribution < -0.4 is 14.4 Å². The van der Waals surface area contributed by atoms with E-state index in [1.807, 2.05) is 16.9 Å². The molecule has 0 radical (unpaired) electrons. The largest absolute Gasteiger partial charge is 0.477 e. The van der Waals surface area contributed by atoms with E-state index in [0.29, 0.717) is 35.4 Å². The van der Waals surface area contributed by atoms with Gasteiger partial charge < -0.3 is 9.64 Å². The Labute approximate surface area is 234 Å². The van der Waals surface area contributed by atoms with Crippen LogP contribution in [0.25, 0.3) is 5.82 Å². The molecule has 1 unspecified atom stereocenters. The topological polar surface area (TPSA) is 90.1 Å². The first-order chi connectivity index (χ1) is 19.0. The van der Waals surface area contributed by atoms with Crippen LogP contribution in [0.15, 0.2) is 41.7 Å². The number of halogens is 3. The summed E-state index contributed by atoms with van der Waals surface area (Å²) in [5.41, 5.74) is -1.28. The van der Waals surface area contributed by atoms with Crippen molar-refractivity contribution >= 4 is 23.7 Å². The Balaban J connectivity index is 1.21. The maximum Gasteiger partial charge on any atom is 0.394 e. The zero-order chi connectivity index (χ0) is 28.1. The van der Waals surface area contributed by atoms with E-state index in [2.05, 4.69) is 33.7 Å². The molecule has 0 aromatic carbocycles. The molecule has 2 aliphatic heterocycles. The Morgan fingerprint density at radius 3 is 2.75 bits per heavy atom. The Hall–Kier alpha value is -3.22. The highest BCUT2D eigenvalue weighted by atomic mass is 32.2. The highest BCUT2D eigenvalue weighted by Gasteiger charge is 2.62. The molecule has 1 saturated heterocycles. The predicted octanol–water partition coefficient (Wildman–Crippen LogP) is 5.41. The van der Waals surface area contributed by atoms with Crippen molar-refractivity contribution in [2.45, 2.75) is 75.7 Å². The van der Waals surface area contributed by atoms with Gasteiger partial charge in [0.1, 0.15) is 10.8 Å². The number of alkyl halides is 3. The molecule has 6 rings (SSSR count). The molecular formula is C27H32F3N7O2S. The number of amides is 1. The zero-order valence-corrected chi connectivity index (χ0v) is 23.3. The van der Waals surface area contributed by atoms with Gasteiger partial charge in [0.15, 0.2) is 5.82 Å². The summed E-state index contributed by atoms with van der Waals surface area (Å²) >= 11 is 1.18. The minimum Gasteiger partial charge on any atom is -0.477 e. The van der Waals surface area contributed by atoms with Crippen molar-refractivity contribution in [1.29, 1.82) is 0 Å². The maximum atomic E-state index is 13.3. The molecule has 1 atom stereocenters. The van der Waals surface area contributed by atoms with E-state index in [-0.39, 0.29) is 37.3 Å². The molecular weight excluding hydrogens is 543 g/mol. The van der Waals surface area contributed by atoms with Crippen molar-refractivity contribution < 1.29 is 22.7 Å². The van der Waals surface area contributed by atoms with Gasteiger partial charge in [-0.25, -0.2) is 9.67 Å². The van der Waals surface area contributed by atoms with Crippen molar-refractivity contribution in [2.75, 3.05) is 18.1 Å². The number of ether oxygens (including phenoxy) is 1. The Bertz CT molecular complexity index is 1400. The lowest BCUT2D eigenvalue weighted by Gasteiger charge is -2.34. The van der Waals surface area contributed by atoms with E-state index < -0.39 is 11.6 Å². The second-order valence-electron chi connectivity index (χ2n) is 11.6. The molecule has 1 aliphatic carbocycles. The fraction of sp³-hybridized carbons (Fsp3) is 0.556. The van der Waals surface area contributed by atoms with Crippen LogP contribution in [-0.2, 0) is 6.54 Å². The van der Waals surface area contributed by atoms with Gasteiger partial charge in [-0.05, 0) is 76.5 Å². The molecule has 214 valence electrons. The number of hydrogen-bond donors (Lipinski definition) is 1. The van der Waals surface area contributed by atoms with Gasteiger partial charge in [0.25, 0.3) is 5.91 Å². The molecule has 40 heavy (non-hydrogen) atoms. The second kappa shape index (κ2) is 10.0. The lowest BCUT2D eigenvalue weighted by Crippen LogP contribution is -2.40. The summed E-state index contributed by atoms with van der Waals surface area (Å²) in [6, 6.07) is 7.04. The molecule has 4 bridgehead atoms. The average Bonchev–Trinajstić information content (AvgIpc) is 3.22. The van der Waals surface area contributed by atoms with E-state index in [9.17, 15) is 18.0 Å². The van der Waals surface area contributed by atoms with Gasteiger partial charge in [0.2, 0.25) is 5.88 Å². The van der Waals surface area contributed by atoms with Crippen LogP contribution >= 0.6 is 11.9 Å². The summed E-state index contributed by atoms with van der Waals surface area (Å²) in [6.45, 7) is 6.06. The molecule has 1 saturated carbocycles. The van der Waals surface area contributed by atoms with E-state index in [0.717, 1.165) is 31.0 Å². The Morgan fingerprint density at radius 1 is 1.15 bits per heavy atom. The third kappa shape index (κ3) is 5.27.